The fraction of sp³-hybridized carbons (Fsp3) is 0.409. The molecule has 26 heavy (non-hydrogen) atoms. The molecular formula is C22H30N4. The lowest BCUT2D eigenvalue weighted by molar-refractivity contribution is 0.360. The van der Waals surface area contributed by atoms with Gasteiger partial charge in [-0.25, -0.2) is 0 Å². The molecule has 3 heterocycles. The Hall–Kier alpha value is -2.33. The first-order valence-corrected chi connectivity index (χ1v) is 9.34. The highest BCUT2D eigenvalue weighted by molar-refractivity contribution is 5.52. The number of pyridine rings is 1. The van der Waals surface area contributed by atoms with Crippen LogP contribution >= 0.6 is 0 Å². The molecule has 0 saturated carbocycles. The van der Waals surface area contributed by atoms with Crippen LogP contribution in [0, 0.1) is 0 Å². The maximum Gasteiger partial charge on any atom is 0.0889 e. The fourth-order valence-electron chi connectivity index (χ4n) is 3.87. The van der Waals surface area contributed by atoms with Gasteiger partial charge >= 0.3 is 0 Å². The molecule has 0 fully saturated rings. The Morgan fingerprint density at radius 2 is 2.04 bits per heavy atom. The predicted octanol–water partition coefficient (Wildman–Crippen LogP) is 4.05. The molecule has 0 radical (unpaired) electrons. The summed E-state index contributed by atoms with van der Waals surface area (Å²) in [5.41, 5.74) is 7.64. The second-order valence-electron chi connectivity index (χ2n) is 7.40. The Kier molecular flexibility index (Phi) is 5.33. The van der Waals surface area contributed by atoms with Crippen LogP contribution in [0.25, 0.3) is 0 Å². The summed E-state index contributed by atoms with van der Waals surface area (Å²) in [7, 11) is 2.01. The number of hydrogen-bond donors (Lipinski definition) is 2. The van der Waals surface area contributed by atoms with Crippen LogP contribution in [0.15, 0.2) is 70.9 Å². The molecule has 0 aromatic carbocycles. The highest BCUT2D eigenvalue weighted by Gasteiger charge is 2.33. The molecule has 4 nitrogen and oxygen atoms in total. The van der Waals surface area contributed by atoms with Crippen molar-refractivity contribution in [3.8, 4) is 0 Å². The van der Waals surface area contributed by atoms with E-state index in [0.717, 1.165) is 5.69 Å². The minimum absolute atomic E-state index is 0.195. The second kappa shape index (κ2) is 7.50. The van der Waals surface area contributed by atoms with Gasteiger partial charge in [-0.15, -0.1) is 0 Å². The standard InChI is InChI=1S/C22H30N4/c1-14(2)21(16(4)23-6)18-11-20-22(25-12-18)15(3)13-26(20)17(5)19-9-7-8-10-24-19/h7-13,16-17,22-23,25H,1-6H3. The molecule has 138 valence electrons. The maximum atomic E-state index is 4.56. The third-order valence-corrected chi connectivity index (χ3v) is 5.35. The smallest absolute Gasteiger partial charge is 0.0889 e. The van der Waals surface area contributed by atoms with E-state index in [-0.39, 0.29) is 12.1 Å². The van der Waals surface area contributed by atoms with Gasteiger partial charge in [-0.2, -0.15) is 0 Å². The zero-order valence-electron chi connectivity index (χ0n) is 16.7. The Morgan fingerprint density at radius 1 is 1.27 bits per heavy atom. The topological polar surface area (TPSA) is 40.2 Å². The monoisotopic (exact) mass is 350 g/mol. The van der Waals surface area contributed by atoms with Crippen LogP contribution in [0.3, 0.4) is 0 Å². The van der Waals surface area contributed by atoms with Crippen LogP contribution in [-0.2, 0) is 0 Å². The molecule has 3 unspecified atom stereocenters. The van der Waals surface area contributed by atoms with Crippen LogP contribution in [0.4, 0.5) is 0 Å². The Morgan fingerprint density at radius 3 is 2.65 bits per heavy atom. The van der Waals surface area contributed by atoms with Crippen molar-refractivity contribution in [1.82, 2.24) is 20.5 Å². The van der Waals surface area contributed by atoms with Gasteiger partial charge in [-0.3, -0.25) is 4.98 Å². The number of rotatable bonds is 5. The first-order valence-electron chi connectivity index (χ1n) is 9.34. The van der Waals surface area contributed by atoms with Gasteiger partial charge in [0.25, 0.3) is 0 Å². The van der Waals surface area contributed by atoms with E-state index in [1.54, 1.807) is 0 Å². The lowest BCUT2D eigenvalue weighted by Gasteiger charge is -2.32. The van der Waals surface area contributed by atoms with Crippen molar-refractivity contribution >= 4 is 0 Å². The van der Waals surface area contributed by atoms with Crippen molar-refractivity contribution in [3.05, 3.63) is 76.6 Å². The number of dihydropyridines is 1. The summed E-state index contributed by atoms with van der Waals surface area (Å²) in [5.74, 6) is 0. The average Bonchev–Trinajstić information content (AvgIpc) is 2.97. The maximum absolute atomic E-state index is 4.56. The minimum atomic E-state index is 0.195. The van der Waals surface area contributed by atoms with Crippen LogP contribution in [0.1, 0.15) is 46.4 Å². The van der Waals surface area contributed by atoms with Crippen LogP contribution < -0.4 is 10.6 Å². The van der Waals surface area contributed by atoms with E-state index in [4.69, 9.17) is 0 Å². The molecule has 0 spiro atoms. The first kappa shape index (κ1) is 18.5. The third-order valence-electron chi connectivity index (χ3n) is 5.35. The van der Waals surface area contributed by atoms with E-state index in [0.29, 0.717) is 6.04 Å². The molecule has 1 aromatic rings. The number of fused-ring (bicyclic) bond motifs is 1. The van der Waals surface area contributed by atoms with Gasteiger partial charge in [-0.05, 0) is 76.6 Å². The molecule has 0 amide bonds. The molecule has 3 atom stereocenters. The number of likely N-dealkylation sites (N-methyl/N-ethyl adjacent to an activating group) is 1. The van der Waals surface area contributed by atoms with Gasteiger partial charge in [0.05, 0.1) is 17.8 Å². The van der Waals surface area contributed by atoms with E-state index in [2.05, 4.69) is 85.7 Å². The summed E-state index contributed by atoms with van der Waals surface area (Å²) in [6, 6.07) is 6.86. The summed E-state index contributed by atoms with van der Waals surface area (Å²) in [6.07, 6.45) is 8.62. The zero-order chi connectivity index (χ0) is 18.8. The number of nitrogens with one attached hydrogen (secondary N) is 2. The van der Waals surface area contributed by atoms with E-state index in [1.165, 1.54) is 28.0 Å². The highest BCUT2D eigenvalue weighted by atomic mass is 15.2. The molecular weight excluding hydrogens is 320 g/mol. The van der Waals surface area contributed by atoms with Crippen LogP contribution in [0.2, 0.25) is 0 Å². The lowest BCUT2D eigenvalue weighted by atomic mass is 9.92. The Labute approximate surface area is 157 Å². The molecule has 4 heteroatoms. The number of nitrogens with zero attached hydrogens (tertiary/aromatic N) is 2. The average molecular weight is 351 g/mol. The van der Waals surface area contributed by atoms with Gasteiger partial charge in [0, 0.05) is 30.3 Å². The molecule has 0 aliphatic carbocycles. The third kappa shape index (κ3) is 3.34. The normalized spacial score (nSPS) is 21.1. The lowest BCUT2D eigenvalue weighted by Crippen LogP contribution is -2.35. The minimum Gasteiger partial charge on any atom is -0.379 e. The number of allylic oxidation sites excluding steroid dienone is 2. The van der Waals surface area contributed by atoms with Gasteiger partial charge in [-0.1, -0.05) is 11.6 Å². The second-order valence-corrected chi connectivity index (χ2v) is 7.40. The SMILES string of the molecule is CNC(C)C(C1=CNC2C(C)=CN(C(C)c3ccccn3)C2=C1)=C(C)C. The quantitative estimate of drug-likeness (QED) is 0.841. The molecule has 1 aromatic heterocycles. The van der Waals surface area contributed by atoms with Gasteiger partial charge in [0.1, 0.15) is 0 Å². The molecule has 0 bridgehead atoms. The summed E-state index contributed by atoms with van der Waals surface area (Å²) in [6.45, 7) is 11.0. The van der Waals surface area contributed by atoms with Crippen LogP contribution in [-0.4, -0.2) is 29.0 Å². The summed E-state index contributed by atoms with van der Waals surface area (Å²) in [4.78, 5) is 6.91. The first-order chi connectivity index (χ1) is 12.4. The van der Waals surface area contributed by atoms with Crippen molar-refractivity contribution in [2.24, 2.45) is 0 Å². The van der Waals surface area contributed by atoms with E-state index < -0.39 is 0 Å². The predicted molar refractivity (Wildman–Crippen MR) is 108 cm³/mol. The Balaban J connectivity index is 1.97. The number of hydrogen-bond acceptors (Lipinski definition) is 4. The summed E-state index contributed by atoms with van der Waals surface area (Å²) < 4.78 is 0. The highest BCUT2D eigenvalue weighted by Crippen LogP contribution is 2.37. The fourth-order valence-corrected chi connectivity index (χ4v) is 3.87. The largest absolute Gasteiger partial charge is 0.379 e. The zero-order valence-corrected chi connectivity index (χ0v) is 16.7. The molecule has 2 aliphatic rings. The van der Waals surface area contributed by atoms with Crippen molar-refractivity contribution in [2.75, 3.05) is 7.05 Å². The van der Waals surface area contributed by atoms with E-state index in [9.17, 15) is 0 Å². The summed E-state index contributed by atoms with van der Waals surface area (Å²) in [5, 5.41) is 6.99. The van der Waals surface area contributed by atoms with Crippen molar-refractivity contribution in [1.29, 1.82) is 0 Å². The summed E-state index contributed by atoms with van der Waals surface area (Å²) >= 11 is 0. The van der Waals surface area contributed by atoms with Crippen molar-refractivity contribution in [2.45, 2.75) is 52.7 Å². The molecule has 3 rings (SSSR count). The van der Waals surface area contributed by atoms with E-state index in [1.807, 2.05) is 19.3 Å². The van der Waals surface area contributed by atoms with Crippen LogP contribution in [0.5, 0.6) is 0 Å². The van der Waals surface area contributed by atoms with Gasteiger partial charge < -0.3 is 15.5 Å². The van der Waals surface area contributed by atoms with E-state index >= 15 is 0 Å². The number of aromatic nitrogens is 1. The Bertz CT molecular complexity index is 782. The van der Waals surface area contributed by atoms with Crippen molar-refractivity contribution in [3.63, 3.8) is 0 Å². The molecule has 2 N–H and O–H groups in total. The van der Waals surface area contributed by atoms with Crippen molar-refractivity contribution < 1.29 is 0 Å². The van der Waals surface area contributed by atoms with Gasteiger partial charge in [0.2, 0.25) is 0 Å². The molecule has 2 aliphatic heterocycles. The molecule has 0 saturated heterocycles. The van der Waals surface area contributed by atoms with Gasteiger partial charge in [0.15, 0.2) is 0 Å².